The summed E-state index contributed by atoms with van der Waals surface area (Å²) in [4.78, 5) is 0. The number of quaternary nitrogens is 1. The Morgan fingerprint density at radius 1 is 1.13 bits per heavy atom. The van der Waals surface area contributed by atoms with E-state index in [1.807, 2.05) is 0 Å². The summed E-state index contributed by atoms with van der Waals surface area (Å²) in [5, 5.41) is 42.1. The third-order valence-electron chi connectivity index (χ3n) is 2.17. The number of hydrogen-bond acceptors (Lipinski definition) is 6. The molecule has 0 saturated heterocycles. The number of rotatable bonds is 1. The fraction of sp³-hybridized carbons (Fsp3) is 0.250. The summed E-state index contributed by atoms with van der Waals surface area (Å²) in [7, 11) is 0. The molecule has 0 saturated carbocycles. The molecule has 7 nitrogen and oxygen atoms in total. The van der Waals surface area contributed by atoms with Crippen molar-refractivity contribution < 1.29 is 20.6 Å². The van der Waals surface area contributed by atoms with Crippen molar-refractivity contribution in [1.29, 1.82) is 0 Å². The number of anilines is 2. The Labute approximate surface area is 85.1 Å². The highest BCUT2D eigenvalue weighted by molar-refractivity contribution is 5.74. The number of aliphatic hydroxyl groups is 2. The second-order valence-electron chi connectivity index (χ2n) is 3.24. The van der Waals surface area contributed by atoms with Crippen LogP contribution in [0.25, 0.3) is 0 Å². The molecule has 0 amide bonds. The molecule has 0 spiro atoms. The van der Waals surface area contributed by atoms with Gasteiger partial charge in [0.1, 0.15) is 0 Å². The maximum absolute atomic E-state index is 10.7. The number of hydrogen-bond donors (Lipinski definition) is 6. The monoisotopic (exact) mass is 213 g/mol. The van der Waals surface area contributed by atoms with Crippen molar-refractivity contribution in [3.8, 4) is 0 Å². The largest absolute Gasteiger partial charge is 0.595 e. The number of benzene rings is 1. The van der Waals surface area contributed by atoms with Crippen LogP contribution in [0, 0.1) is 5.21 Å². The van der Waals surface area contributed by atoms with Crippen molar-refractivity contribution in [2.45, 2.75) is 12.5 Å². The Kier molecular flexibility index (Phi) is 2.47. The molecule has 3 atom stereocenters. The Hall–Kier alpha value is -1.38. The van der Waals surface area contributed by atoms with Crippen molar-refractivity contribution in [2.75, 3.05) is 10.6 Å². The summed E-state index contributed by atoms with van der Waals surface area (Å²) in [6.45, 7) is 0. The molecule has 7 heteroatoms. The van der Waals surface area contributed by atoms with Crippen LogP contribution in [0.2, 0.25) is 0 Å². The first kappa shape index (κ1) is 10.1. The van der Waals surface area contributed by atoms with E-state index in [1.54, 1.807) is 0 Å². The molecule has 1 aromatic rings. The zero-order chi connectivity index (χ0) is 11.0. The lowest BCUT2D eigenvalue weighted by Crippen LogP contribution is -2.99. The van der Waals surface area contributed by atoms with E-state index >= 15 is 0 Å². The Bertz CT molecular complexity index is 371. The summed E-state index contributed by atoms with van der Waals surface area (Å²) < 4.78 is 0. The van der Waals surface area contributed by atoms with Gasteiger partial charge in [0.05, 0.1) is 11.4 Å². The minimum atomic E-state index is -1.15. The summed E-state index contributed by atoms with van der Waals surface area (Å²) in [5.74, 6) is 0. The first-order chi connectivity index (χ1) is 7.08. The van der Waals surface area contributed by atoms with Gasteiger partial charge in [-0.3, -0.25) is 0 Å². The van der Waals surface area contributed by atoms with Crippen LogP contribution in [0.5, 0.6) is 0 Å². The van der Waals surface area contributed by atoms with Crippen LogP contribution in [-0.4, -0.2) is 27.9 Å². The highest BCUT2D eigenvalue weighted by Crippen LogP contribution is 2.28. The first-order valence-corrected chi connectivity index (χ1v) is 4.34. The zero-order valence-corrected chi connectivity index (χ0v) is 7.64. The molecule has 3 unspecified atom stereocenters. The molecule has 1 aliphatic rings. The molecule has 6 N–H and O–H groups in total. The normalized spacial score (nSPS) is 26.1. The molecule has 15 heavy (non-hydrogen) atoms. The molecule has 2 rings (SSSR count). The second kappa shape index (κ2) is 3.65. The van der Waals surface area contributed by atoms with Gasteiger partial charge in [-0.05, 0) is 6.07 Å². The summed E-state index contributed by atoms with van der Waals surface area (Å²) in [5.41, 5.74) is 1.12. The van der Waals surface area contributed by atoms with Gasteiger partial charge in [-0.15, -0.1) is 0 Å². The highest BCUT2D eigenvalue weighted by atomic mass is 16.8. The van der Waals surface area contributed by atoms with E-state index in [2.05, 4.69) is 10.6 Å². The fourth-order valence-corrected chi connectivity index (χ4v) is 1.40. The van der Waals surface area contributed by atoms with Gasteiger partial charge >= 0.3 is 0 Å². The lowest BCUT2D eigenvalue weighted by molar-refractivity contribution is -0.991. The van der Waals surface area contributed by atoms with Gasteiger partial charge in [0, 0.05) is 12.1 Å². The lowest BCUT2D eigenvalue weighted by Gasteiger charge is -2.29. The predicted octanol–water partition coefficient (Wildman–Crippen LogP) is -1.44. The van der Waals surface area contributed by atoms with Crippen molar-refractivity contribution in [1.82, 2.24) is 0 Å². The summed E-state index contributed by atoms with van der Waals surface area (Å²) in [6, 6.07) is 4.33. The lowest BCUT2D eigenvalue weighted by atomic mass is 10.2. The van der Waals surface area contributed by atoms with Gasteiger partial charge in [0.25, 0.3) is 0 Å². The molecular weight excluding hydrogens is 202 g/mol. The van der Waals surface area contributed by atoms with E-state index in [1.165, 1.54) is 18.2 Å². The number of nitrogens with one attached hydrogen (secondary N) is 3. The molecule has 0 bridgehead atoms. The van der Waals surface area contributed by atoms with E-state index in [9.17, 15) is 15.4 Å². The third kappa shape index (κ3) is 1.87. The molecule has 1 heterocycles. The standard InChI is InChI=1S/C8H11N3O4/c12-7-8(13)10-6-3-4(11(14)15)1-2-5(6)9-7/h1-3,7-14H. The molecular formula is C8H11N3O4. The molecule has 1 aliphatic heterocycles. The molecule has 0 radical (unpaired) electrons. The quantitative estimate of drug-likeness (QED) is 0.319. The van der Waals surface area contributed by atoms with Crippen molar-refractivity contribution in [2.24, 2.45) is 0 Å². The van der Waals surface area contributed by atoms with Crippen LogP contribution in [0.3, 0.4) is 0 Å². The van der Waals surface area contributed by atoms with Gasteiger partial charge in [-0.25, -0.2) is 5.21 Å². The SMILES string of the molecule is [O-][NH+](O)c1ccc2c(c1)NC(O)C(O)N2. The second-order valence-corrected chi connectivity index (χ2v) is 3.24. The van der Waals surface area contributed by atoms with E-state index in [-0.39, 0.29) is 5.69 Å². The number of aliphatic hydroxyl groups excluding tert-OH is 2. The van der Waals surface area contributed by atoms with Crippen LogP contribution in [0.15, 0.2) is 18.2 Å². The topological polar surface area (TPSA) is 112 Å². The van der Waals surface area contributed by atoms with Crippen LogP contribution in [0.4, 0.5) is 17.1 Å². The Morgan fingerprint density at radius 2 is 1.73 bits per heavy atom. The summed E-state index contributed by atoms with van der Waals surface area (Å²) >= 11 is 0. The molecule has 0 aromatic heterocycles. The van der Waals surface area contributed by atoms with E-state index in [0.29, 0.717) is 11.4 Å². The fourth-order valence-electron chi connectivity index (χ4n) is 1.40. The van der Waals surface area contributed by atoms with Crippen LogP contribution in [-0.2, 0) is 0 Å². The smallest absolute Gasteiger partial charge is 0.169 e. The van der Waals surface area contributed by atoms with Gasteiger partial charge in [-0.1, -0.05) is 0 Å². The molecule has 1 aromatic carbocycles. The first-order valence-electron chi connectivity index (χ1n) is 4.34. The van der Waals surface area contributed by atoms with Crippen LogP contribution < -0.4 is 15.9 Å². The van der Waals surface area contributed by atoms with Crippen molar-refractivity contribution in [3.05, 3.63) is 23.4 Å². The molecule has 82 valence electrons. The average Bonchev–Trinajstić information content (AvgIpc) is 2.19. The van der Waals surface area contributed by atoms with Gasteiger partial charge in [-0.2, -0.15) is 5.23 Å². The predicted molar refractivity (Wildman–Crippen MR) is 51.5 cm³/mol. The maximum atomic E-state index is 10.7. The zero-order valence-electron chi connectivity index (χ0n) is 7.64. The van der Waals surface area contributed by atoms with Crippen LogP contribution >= 0.6 is 0 Å². The van der Waals surface area contributed by atoms with Gasteiger partial charge in [0.15, 0.2) is 18.1 Å². The van der Waals surface area contributed by atoms with Gasteiger partial charge in [0.2, 0.25) is 0 Å². The average molecular weight is 213 g/mol. The van der Waals surface area contributed by atoms with E-state index in [0.717, 1.165) is 0 Å². The van der Waals surface area contributed by atoms with Crippen molar-refractivity contribution in [3.63, 3.8) is 0 Å². The summed E-state index contributed by atoms with van der Waals surface area (Å²) in [6.07, 6.45) is -2.25. The third-order valence-corrected chi connectivity index (χ3v) is 2.17. The molecule has 0 fully saturated rings. The maximum Gasteiger partial charge on any atom is 0.169 e. The van der Waals surface area contributed by atoms with Crippen LogP contribution in [0.1, 0.15) is 0 Å². The highest BCUT2D eigenvalue weighted by Gasteiger charge is 2.24. The van der Waals surface area contributed by atoms with E-state index in [4.69, 9.17) is 5.21 Å². The Balaban J connectivity index is 2.33. The van der Waals surface area contributed by atoms with Crippen molar-refractivity contribution >= 4 is 17.1 Å². The number of fused-ring (bicyclic) bond motifs is 1. The Morgan fingerprint density at radius 3 is 2.33 bits per heavy atom. The molecule has 0 aliphatic carbocycles. The minimum Gasteiger partial charge on any atom is -0.595 e. The minimum absolute atomic E-state index is 0.117. The van der Waals surface area contributed by atoms with E-state index < -0.39 is 17.7 Å². The van der Waals surface area contributed by atoms with Gasteiger partial charge < -0.3 is 26.1 Å².